The van der Waals surface area contributed by atoms with Crippen LogP contribution in [0.5, 0.6) is 5.75 Å². The zero-order valence-corrected chi connectivity index (χ0v) is 16.2. The number of anilines is 1. The Kier molecular flexibility index (Phi) is 6.26. The van der Waals surface area contributed by atoms with Gasteiger partial charge in [-0.15, -0.1) is 0 Å². The lowest BCUT2D eigenvalue weighted by atomic mass is 10.1. The fraction of sp³-hybridized carbons (Fsp3) is 0.316. The van der Waals surface area contributed by atoms with E-state index in [1.165, 1.54) is 4.31 Å². The molecule has 2 rings (SSSR count). The van der Waals surface area contributed by atoms with Gasteiger partial charge in [0.1, 0.15) is 5.75 Å². The molecule has 0 spiro atoms. The van der Waals surface area contributed by atoms with Gasteiger partial charge >= 0.3 is 0 Å². The normalized spacial score (nSPS) is 12.3. The Morgan fingerprint density at radius 2 is 1.77 bits per heavy atom. The quantitative estimate of drug-likeness (QED) is 0.806. The van der Waals surface area contributed by atoms with Gasteiger partial charge in [0.05, 0.1) is 25.1 Å². The Hall–Kier alpha value is -2.54. The number of hydrogen-bond donors (Lipinski definition) is 1. The maximum Gasteiger partial charge on any atom is 0.251 e. The molecule has 1 atom stereocenters. The first kappa shape index (κ1) is 19.8. The van der Waals surface area contributed by atoms with Crippen LogP contribution in [0.1, 0.15) is 35.8 Å². The Labute approximate surface area is 154 Å². The van der Waals surface area contributed by atoms with Gasteiger partial charge in [0, 0.05) is 17.7 Å². The first-order chi connectivity index (χ1) is 12.3. The van der Waals surface area contributed by atoms with Crippen LogP contribution in [0.3, 0.4) is 0 Å². The van der Waals surface area contributed by atoms with E-state index in [2.05, 4.69) is 5.32 Å². The second kappa shape index (κ2) is 8.23. The number of nitrogens with zero attached hydrogens (tertiary/aromatic N) is 1. The molecule has 1 N–H and O–H groups in total. The average Bonchev–Trinajstić information content (AvgIpc) is 2.61. The number of carbonyl (C=O) groups is 1. The molecule has 2 aromatic carbocycles. The summed E-state index contributed by atoms with van der Waals surface area (Å²) in [7, 11) is -1.75. The topological polar surface area (TPSA) is 75.7 Å². The van der Waals surface area contributed by atoms with E-state index in [1.807, 2.05) is 31.2 Å². The molecule has 0 aliphatic rings. The third-order valence-electron chi connectivity index (χ3n) is 4.06. The lowest BCUT2D eigenvalue weighted by Gasteiger charge is -2.21. The van der Waals surface area contributed by atoms with Gasteiger partial charge in [0.15, 0.2) is 0 Å². The molecule has 0 saturated carbocycles. The minimum Gasteiger partial charge on any atom is -0.496 e. The number of nitrogens with one attached hydrogen (secondary N) is 1. The first-order valence-corrected chi connectivity index (χ1v) is 10.1. The molecule has 0 saturated heterocycles. The molecule has 0 aromatic heterocycles. The van der Waals surface area contributed by atoms with Gasteiger partial charge in [0.2, 0.25) is 10.0 Å². The van der Waals surface area contributed by atoms with E-state index in [-0.39, 0.29) is 11.9 Å². The number of benzene rings is 2. The molecule has 26 heavy (non-hydrogen) atoms. The van der Waals surface area contributed by atoms with Crippen LogP contribution >= 0.6 is 0 Å². The second-order valence-electron chi connectivity index (χ2n) is 5.91. The molecule has 7 heteroatoms. The number of carbonyl (C=O) groups excluding carboxylic acids is 1. The summed E-state index contributed by atoms with van der Waals surface area (Å²) >= 11 is 0. The Balaban J connectivity index is 2.15. The van der Waals surface area contributed by atoms with Crippen LogP contribution in [-0.2, 0) is 10.0 Å². The molecular weight excluding hydrogens is 352 g/mol. The van der Waals surface area contributed by atoms with Crippen molar-refractivity contribution in [2.45, 2.75) is 19.9 Å². The number of hydrogen-bond acceptors (Lipinski definition) is 4. The number of amides is 1. The maximum absolute atomic E-state index is 12.5. The fourth-order valence-corrected chi connectivity index (χ4v) is 3.74. The van der Waals surface area contributed by atoms with Crippen LogP contribution in [-0.4, -0.2) is 34.2 Å². The van der Waals surface area contributed by atoms with Crippen LogP contribution in [0.15, 0.2) is 48.5 Å². The summed E-state index contributed by atoms with van der Waals surface area (Å²) in [6.07, 6.45) is 1.16. The first-order valence-electron chi connectivity index (χ1n) is 8.29. The lowest BCUT2D eigenvalue weighted by Crippen LogP contribution is -2.30. The van der Waals surface area contributed by atoms with Crippen LogP contribution in [0.25, 0.3) is 0 Å². The third kappa shape index (κ3) is 4.54. The van der Waals surface area contributed by atoms with Crippen molar-refractivity contribution in [3.8, 4) is 5.75 Å². The molecule has 0 fully saturated rings. The van der Waals surface area contributed by atoms with E-state index < -0.39 is 10.0 Å². The number of ether oxygens (including phenoxy) is 1. The van der Waals surface area contributed by atoms with Crippen molar-refractivity contribution in [1.29, 1.82) is 0 Å². The molecule has 0 heterocycles. The van der Waals surface area contributed by atoms with Gasteiger partial charge in [-0.1, -0.05) is 18.2 Å². The number of methoxy groups -OCH3 is 1. The maximum atomic E-state index is 12.5. The summed E-state index contributed by atoms with van der Waals surface area (Å²) in [6, 6.07) is 13.8. The molecule has 1 amide bonds. The molecule has 6 nitrogen and oxygen atoms in total. The minimum absolute atomic E-state index is 0.235. The zero-order valence-electron chi connectivity index (χ0n) is 15.4. The highest BCUT2D eigenvalue weighted by atomic mass is 32.2. The summed E-state index contributed by atoms with van der Waals surface area (Å²) in [4.78, 5) is 12.5. The van der Waals surface area contributed by atoms with Gasteiger partial charge < -0.3 is 10.1 Å². The van der Waals surface area contributed by atoms with Crippen molar-refractivity contribution >= 4 is 21.6 Å². The van der Waals surface area contributed by atoms with Crippen LogP contribution in [0.2, 0.25) is 0 Å². The summed E-state index contributed by atoms with van der Waals surface area (Å²) in [5.74, 6) is 0.472. The highest BCUT2D eigenvalue weighted by molar-refractivity contribution is 7.92. The van der Waals surface area contributed by atoms with Gasteiger partial charge in [-0.3, -0.25) is 9.10 Å². The van der Waals surface area contributed by atoms with E-state index in [0.29, 0.717) is 23.5 Å². The number of para-hydroxylation sites is 1. The Morgan fingerprint density at radius 1 is 1.15 bits per heavy atom. The van der Waals surface area contributed by atoms with E-state index in [9.17, 15) is 13.2 Å². The molecule has 0 radical (unpaired) electrons. The molecule has 1 unspecified atom stereocenters. The average molecular weight is 376 g/mol. The van der Waals surface area contributed by atoms with E-state index >= 15 is 0 Å². The van der Waals surface area contributed by atoms with Crippen molar-refractivity contribution in [1.82, 2.24) is 5.32 Å². The molecule has 0 bridgehead atoms. The van der Waals surface area contributed by atoms with E-state index in [4.69, 9.17) is 4.74 Å². The summed E-state index contributed by atoms with van der Waals surface area (Å²) in [5.41, 5.74) is 1.87. The molecule has 140 valence electrons. The van der Waals surface area contributed by atoms with Crippen molar-refractivity contribution in [3.05, 3.63) is 59.7 Å². The van der Waals surface area contributed by atoms with Crippen molar-refractivity contribution in [2.75, 3.05) is 24.2 Å². The van der Waals surface area contributed by atoms with Gasteiger partial charge in [0.25, 0.3) is 5.91 Å². The Morgan fingerprint density at radius 3 is 2.31 bits per heavy atom. The summed E-state index contributed by atoms with van der Waals surface area (Å²) in [5, 5.41) is 2.93. The zero-order chi connectivity index (χ0) is 19.3. The smallest absolute Gasteiger partial charge is 0.251 e. The van der Waals surface area contributed by atoms with Crippen molar-refractivity contribution < 1.29 is 17.9 Å². The SMILES string of the molecule is CCN(c1ccc(C(=O)NC(C)c2ccccc2OC)cc1)S(C)(=O)=O. The fourth-order valence-electron chi connectivity index (χ4n) is 2.77. The molecule has 0 aliphatic heterocycles. The third-order valence-corrected chi connectivity index (χ3v) is 5.33. The largest absolute Gasteiger partial charge is 0.496 e. The number of rotatable bonds is 7. The second-order valence-corrected chi connectivity index (χ2v) is 7.82. The van der Waals surface area contributed by atoms with Gasteiger partial charge in [-0.05, 0) is 44.2 Å². The highest BCUT2D eigenvalue weighted by Crippen LogP contribution is 2.25. The minimum atomic E-state index is -3.34. The summed E-state index contributed by atoms with van der Waals surface area (Å²) < 4.78 is 30.2. The predicted octanol–water partition coefficient (Wildman–Crippen LogP) is 2.97. The monoisotopic (exact) mass is 376 g/mol. The molecule has 2 aromatic rings. The molecular formula is C19H24N2O4S. The van der Waals surface area contributed by atoms with Crippen LogP contribution in [0.4, 0.5) is 5.69 Å². The van der Waals surface area contributed by atoms with Crippen LogP contribution in [0, 0.1) is 0 Å². The van der Waals surface area contributed by atoms with Crippen LogP contribution < -0.4 is 14.4 Å². The standard InChI is InChI=1S/C19H24N2O4S/c1-5-21(26(4,23)24)16-12-10-15(11-13-16)19(22)20-14(2)17-8-6-7-9-18(17)25-3/h6-14H,5H2,1-4H3,(H,20,22). The van der Waals surface area contributed by atoms with Gasteiger partial charge in [-0.2, -0.15) is 0 Å². The highest BCUT2D eigenvalue weighted by Gasteiger charge is 2.17. The lowest BCUT2D eigenvalue weighted by molar-refractivity contribution is 0.0939. The van der Waals surface area contributed by atoms with E-state index in [0.717, 1.165) is 11.8 Å². The molecule has 0 aliphatic carbocycles. The Bertz CT molecular complexity index is 863. The van der Waals surface area contributed by atoms with Gasteiger partial charge in [-0.25, -0.2) is 8.42 Å². The van der Waals surface area contributed by atoms with Crippen molar-refractivity contribution in [2.24, 2.45) is 0 Å². The number of sulfonamides is 1. The van der Waals surface area contributed by atoms with Crippen molar-refractivity contribution in [3.63, 3.8) is 0 Å². The predicted molar refractivity (Wildman–Crippen MR) is 103 cm³/mol. The van der Waals surface area contributed by atoms with E-state index in [1.54, 1.807) is 38.3 Å². The summed E-state index contributed by atoms with van der Waals surface area (Å²) in [6.45, 7) is 3.97.